The van der Waals surface area contributed by atoms with Crippen molar-refractivity contribution in [2.75, 3.05) is 6.54 Å². The third kappa shape index (κ3) is 1.21. The largest absolute Gasteiger partial charge is 0.321 e. The number of amides is 1. The quantitative estimate of drug-likeness (QED) is 0.783. The lowest BCUT2D eigenvalue weighted by Gasteiger charge is -2.28. The minimum absolute atomic E-state index is 0.0237. The van der Waals surface area contributed by atoms with Crippen molar-refractivity contribution in [3.8, 4) is 0 Å². The second-order valence-electron chi connectivity index (χ2n) is 6.11. The summed E-state index contributed by atoms with van der Waals surface area (Å²) in [5.41, 5.74) is 2.26. The third-order valence-corrected chi connectivity index (χ3v) is 5.06. The van der Waals surface area contributed by atoms with Crippen LogP contribution in [0.25, 0.3) is 5.57 Å². The Morgan fingerprint density at radius 2 is 1.95 bits per heavy atom. The predicted octanol–water partition coefficient (Wildman–Crippen LogP) is 2.42. The van der Waals surface area contributed by atoms with Gasteiger partial charge in [0, 0.05) is 18.0 Å². The first-order chi connectivity index (χ1) is 9.66. The molecule has 2 heterocycles. The monoisotopic (exact) mass is 267 g/mol. The first kappa shape index (κ1) is 11.9. The van der Waals surface area contributed by atoms with Crippen LogP contribution in [-0.2, 0) is 9.59 Å². The maximum absolute atomic E-state index is 12.8. The van der Waals surface area contributed by atoms with Gasteiger partial charge in [0.25, 0.3) is 5.91 Å². The molecule has 102 valence electrons. The fourth-order valence-corrected chi connectivity index (χ4v) is 4.26. The maximum atomic E-state index is 12.8. The van der Waals surface area contributed by atoms with E-state index in [2.05, 4.69) is 0 Å². The molecule has 20 heavy (non-hydrogen) atoms. The molecule has 3 nitrogen and oxygen atoms in total. The van der Waals surface area contributed by atoms with E-state index in [4.69, 9.17) is 0 Å². The van der Waals surface area contributed by atoms with Gasteiger partial charge in [0.15, 0.2) is 5.78 Å². The summed E-state index contributed by atoms with van der Waals surface area (Å²) >= 11 is 0. The second kappa shape index (κ2) is 3.81. The third-order valence-electron chi connectivity index (χ3n) is 5.06. The number of benzene rings is 1. The van der Waals surface area contributed by atoms with Crippen LogP contribution in [0.2, 0.25) is 0 Å². The number of carbonyl (C=O) groups is 2. The summed E-state index contributed by atoms with van der Waals surface area (Å²) in [5.74, 6) is 0.289. The van der Waals surface area contributed by atoms with E-state index in [0.717, 1.165) is 36.0 Å². The zero-order chi connectivity index (χ0) is 13.9. The topological polar surface area (TPSA) is 37.4 Å². The van der Waals surface area contributed by atoms with Gasteiger partial charge in [-0.15, -0.1) is 0 Å². The van der Waals surface area contributed by atoms with Crippen LogP contribution in [0, 0.1) is 5.92 Å². The number of ketones is 1. The Morgan fingerprint density at radius 3 is 2.70 bits per heavy atom. The van der Waals surface area contributed by atoms with Crippen molar-refractivity contribution in [1.82, 2.24) is 4.90 Å². The van der Waals surface area contributed by atoms with Crippen LogP contribution in [-0.4, -0.2) is 28.7 Å². The minimum Gasteiger partial charge on any atom is -0.321 e. The first-order valence-electron chi connectivity index (χ1n) is 7.31. The number of Topliss-reactive ketones (excluding diaryl/α,β-unsaturated/α-hetero) is 1. The highest BCUT2D eigenvalue weighted by Gasteiger charge is 2.62. The molecule has 1 aromatic rings. The van der Waals surface area contributed by atoms with E-state index in [-0.39, 0.29) is 17.6 Å². The van der Waals surface area contributed by atoms with Crippen molar-refractivity contribution in [1.29, 1.82) is 0 Å². The molecule has 1 aromatic carbocycles. The van der Waals surface area contributed by atoms with Crippen molar-refractivity contribution in [2.24, 2.45) is 5.92 Å². The van der Waals surface area contributed by atoms with E-state index in [1.165, 1.54) is 0 Å². The molecule has 3 heteroatoms. The standard InChI is InChI=1S/C17H17NO2/c1-11-10-18-16(20)14(12-6-3-2-4-7-12)13-8-5-9-17(13,18)15(11)19/h2-4,6-7,11H,5,8-10H2,1H3/t11-,17+/m1/s1. The Labute approximate surface area is 118 Å². The predicted molar refractivity (Wildman–Crippen MR) is 75.8 cm³/mol. The summed E-state index contributed by atoms with van der Waals surface area (Å²) < 4.78 is 0. The van der Waals surface area contributed by atoms with E-state index in [1.807, 2.05) is 42.2 Å². The average Bonchev–Trinajstić information content (AvgIpc) is 3.05. The van der Waals surface area contributed by atoms with Gasteiger partial charge in [-0.05, 0) is 30.4 Å². The lowest BCUT2D eigenvalue weighted by atomic mass is 9.85. The molecule has 1 saturated carbocycles. The van der Waals surface area contributed by atoms with Gasteiger partial charge >= 0.3 is 0 Å². The zero-order valence-electron chi connectivity index (χ0n) is 11.6. The minimum atomic E-state index is -0.582. The number of hydrogen-bond acceptors (Lipinski definition) is 2. The molecule has 0 radical (unpaired) electrons. The Balaban J connectivity index is 1.95. The van der Waals surface area contributed by atoms with Gasteiger partial charge in [-0.1, -0.05) is 37.3 Å². The molecule has 1 aliphatic carbocycles. The van der Waals surface area contributed by atoms with Gasteiger partial charge in [0.05, 0.1) is 0 Å². The smallest absolute Gasteiger partial charge is 0.255 e. The second-order valence-corrected chi connectivity index (χ2v) is 6.11. The highest BCUT2D eigenvalue weighted by atomic mass is 16.2. The molecule has 0 bridgehead atoms. The zero-order valence-corrected chi connectivity index (χ0v) is 11.6. The Kier molecular flexibility index (Phi) is 2.27. The molecule has 2 fully saturated rings. The van der Waals surface area contributed by atoms with Crippen molar-refractivity contribution in [3.63, 3.8) is 0 Å². The van der Waals surface area contributed by atoms with E-state index in [0.29, 0.717) is 6.54 Å². The Morgan fingerprint density at radius 1 is 1.20 bits per heavy atom. The summed E-state index contributed by atoms with van der Waals surface area (Å²) in [7, 11) is 0. The van der Waals surface area contributed by atoms with Crippen molar-refractivity contribution in [3.05, 3.63) is 41.5 Å². The van der Waals surface area contributed by atoms with Crippen molar-refractivity contribution >= 4 is 17.3 Å². The molecule has 2 aliphatic heterocycles. The van der Waals surface area contributed by atoms with E-state index >= 15 is 0 Å². The number of rotatable bonds is 1. The number of nitrogens with zero attached hydrogens (tertiary/aromatic N) is 1. The van der Waals surface area contributed by atoms with Crippen LogP contribution in [0.4, 0.5) is 0 Å². The van der Waals surface area contributed by atoms with Crippen LogP contribution < -0.4 is 0 Å². The molecule has 0 unspecified atom stereocenters. The van der Waals surface area contributed by atoms with E-state index in [9.17, 15) is 9.59 Å². The molecular formula is C17H17NO2. The van der Waals surface area contributed by atoms with E-state index in [1.54, 1.807) is 0 Å². The number of carbonyl (C=O) groups excluding carboxylic acids is 2. The maximum Gasteiger partial charge on any atom is 0.255 e. The highest BCUT2D eigenvalue weighted by molar-refractivity contribution is 6.28. The highest BCUT2D eigenvalue weighted by Crippen LogP contribution is 2.54. The molecule has 1 amide bonds. The Hall–Kier alpha value is -1.90. The van der Waals surface area contributed by atoms with Gasteiger partial charge in [-0.2, -0.15) is 0 Å². The SMILES string of the molecule is C[C@@H]1CN2C(=O)C(c3ccccc3)=C3CCC[C@@]32C1=O. The summed E-state index contributed by atoms with van der Waals surface area (Å²) in [5, 5.41) is 0. The van der Waals surface area contributed by atoms with Crippen LogP contribution in [0.1, 0.15) is 31.7 Å². The van der Waals surface area contributed by atoms with Crippen molar-refractivity contribution in [2.45, 2.75) is 31.7 Å². The lowest BCUT2D eigenvalue weighted by Crippen LogP contribution is -2.45. The van der Waals surface area contributed by atoms with Gasteiger partial charge in [0.2, 0.25) is 0 Å². The average molecular weight is 267 g/mol. The summed E-state index contributed by atoms with van der Waals surface area (Å²) in [6.45, 7) is 2.53. The summed E-state index contributed by atoms with van der Waals surface area (Å²) in [6, 6.07) is 9.80. The first-order valence-corrected chi connectivity index (χ1v) is 7.31. The van der Waals surface area contributed by atoms with Crippen LogP contribution in [0.5, 0.6) is 0 Å². The molecule has 4 rings (SSSR count). The lowest BCUT2D eigenvalue weighted by molar-refractivity contribution is -0.132. The van der Waals surface area contributed by atoms with Gasteiger partial charge in [0.1, 0.15) is 5.54 Å². The summed E-state index contributed by atoms with van der Waals surface area (Å²) in [4.78, 5) is 27.3. The Bertz CT molecular complexity index is 646. The molecule has 1 saturated heterocycles. The normalized spacial score (nSPS) is 32.0. The molecule has 0 N–H and O–H groups in total. The van der Waals surface area contributed by atoms with Crippen molar-refractivity contribution < 1.29 is 9.59 Å². The molecule has 1 spiro atoms. The van der Waals surface area contributed by atoms with Crippen LogP contribution in [0.15, 0.2) is 35.9 Å². The van der Waals surface area contributed by atoms with E-state index < -0.39 is 5.54 Å². The molecule has 2 atom stereocenters. The van der Waals surface area contributed by atoms with Gasteiger partial charge in [-0.3, -0.25) is 9.59 Å². The fraction of sp³-hybridized carbons (Fsp3) is 0.412. The summed E-state index contributed by atoms with van der Waals surface area (Å²) in [6.07, 6.45) is 2.70. The van der Waals surface area contributed by atoms with Gasteiger partial charge < -0.3 is 4.90 Å². The molecular weight excluding hydrogens is 250 g/mol. The van der Waals surface area contributed by atoms with Crippen LogP contribution in [0.3, 0.4) is 0 Å². The fourth-order valence-electron chi connectivity index (χ4n) is 4.26. The number of hydrogen-bond donors (Lipinski definition) is 0. The van der Waals surface area contributed by atoms with Crippen LogP contribution >= 0.6 is 0 Å². The molecule has 3 aliphatic rings. The molecule has 0 aromatic heterocycles. The van der Waals surface area contributed by atoms with Gasteiger partial charge in [-0.25, -0.2) is 0 Å².